The third-order valence-electron chi connectivity index (χ3n) is 4.09. The fourth-order valence-corrected chi connectivity index (χ4v) is 2.99. The lowest BCUT2D eigenvalue weighted by Gasteiger charge is -2.37. The molecule has 1 fully saturated rings. The van der Waals surface area contributed by atoms with Crippen LogP contribution in [0.15, 0.2) is 41.1 Å². The molecule has 4 heteroatoms. The van der Waals surface area contributed by atoms with Gasteiger partial charge in [0.2, 0.25) is 0 Å². The number of aromatic nitrogens is 1. The average Bonchev–Trinajstić information content (AvgIpc) is 2.46. The van der Waals surface area contributed by atoms with Gasteiger partial charge in [0, 0.05) is 6.04 Å². The van der Waals surface area contributed by atoms with Crippen molar-refractivity contribution in [1.82, 2.24) is 4.98 Å². The predicted octanol–water partition coefficient (Wildman–Crippen LogP) is 4.52. The Labute approximate surface area is 133 Å². The number of aryl methyl sites for hydroxylation is 1. The minimum absolute atomic E-state index is 0.531. The molecule has 1 aliphatic carbocycles. The first kappa shape index (κ1) is 14.4. The van der Waals surface area contributed by atoms with Gasteiger partial charge in [0.05, 0.1) is 19.0 Å². The maximum atomic E-state index is 5.29. The second kappa shape index (κ2) is 6.06. The van der Waals surface area contributed by atoms with Crippen molar-refractivity contribution in [2.45, 2.75) is 31.7 Å². The van der Waals surface area contributed by atoms with Crippen LogP contribution in [0.5, 0.6) is 5.75 Å². The zero-order chi connectivity index (χ0) is 14.8. The Kier molecular flexibility index (Phi) is 4.15. The fraction of sp³-hybridized carbons (Fsp3) is 0.353. The van der Waals surface area contributed by atoms with E-state index in [9.17, 15) is 0 Å². The van der Waals surface area contributed by atoms with Gasteiger partial charge in [-0.15, -0.1) is 0 Å². The average molecular weight is 347 g/mol. The van der Waals surface area contributed by atoms with Crippen molar-refractivity contribution in [1.29, 1.82) is 0 Å². The molecule has 3 rings (SSSR count). The van der Waals surface area contributed by atoms with Gasteiger partial charge in [0.1, 0.15) is 10.4 Å². The number of rotatable bonds is 4. The van der Waals surface area contributed by atoms with E-state index >= 15 is 0 Å². The van der Waals surface area contributed by atoms with Gasteiger partial charge in [0.15, 0.2) is 0 Å². The van der Waals surface area contributed by atoms with E-state index in [1.807, 2.05) is 12.3 Å². The molecule has 0 saturated heterocycles. The monoisotopic (exact) mass is 346 g/mol. The Morgan fingerprint density at radius 1 is 1.29 bits per heavy atom. The summed E-state index contributed by atoms with van der Waals surface area (Å²) in [5.41, 5.74) is 3.63. The first-order valence-electron chi connectivity index (χ1n) is 7.18. The number of anilines is 1. The van der Waals surface area contributed by atoms with E-state index in [0.29, 0.717) is 12.0 Å². The fourth-order valence-electron chi connectivity index (χ4n) is 2.78. The summed E-state index contributed by atoms with van der Waals surface area (Å²) in [6.45, 7) is 2.06. The van der Waals surface area contributed by atoms with Crippen LogP contribution in [0.4, 0.5) is 5.69 Å². The summed E-state index contributed by atoms with van der Waals surface area (Å²) < 4.78 is 6.21. The van der Waals surface area contributed by atoms with Crippen LogP contribution in [0, 0.1) is 6.92 Å². The molecule has 2 aromatic rings. The Balaban J connectivity index is 1.59. The Morgan fingerprint density at radius 2 is 2.10 bits per heavy atom. The van der Waals surface area contributed by atoms with Crippen molar-refractivity contribution in [3.8, 4) is 5.75 Å². The van der Waals surface area contributed by atoms with Crippen LogP contribution in [0.2, 0.25) is 0 Å². The van der Waals surface area contributed by atoms with Crippen LogP contribution in [0.25, 0.3) is 0 Å². The van der Waals surface area contributed by atoms with Crippen LogP contribution >= 0.6 is 15.9 Å². The van der Waals surface area contributed by atoms with Gasteiger partial charge in [-0.2, -0.15) is 0 Å². The minimum Gasteiger partial charge on any atom is -0.497 e. The normalized spacial score (nSPS) is 20.7. The molecule has 0 unspecified atom stereocenters. The molecule has 1 aromatic carbocycles. The molecular formula is C17H19BrN2O. The van der Waals surface area contributed by atoms with Gasteiger partial charge in [-0.3, -0.25) is 0 Å². The first-order valence-corrected chi connectivity index (χ1v) is 7.97. The molecule has 0 amide bonds. The number of benzene rings is 1. The van der Waals surface area contributed by atoms with Crippen molar-refractivity contribution in [2.24, 2.45) is 0 Å². The zero-order valence-corrected chi connectivity index (χ0v) is 13.9. The molecule has 3 nitrogen and oxygen atoms in total. The van der Waals surface area contributed by atoms with Crippen molar-refractivity contribution < 1.29 is 4.74 Å². The smallest absolute Gasteiger partial charge is 0.119 e. The molecule has 110 valence electrons. The van der Waals surface area contributed by atoms with Crippen LogP contribution in [0.3, 0.4) is 0 Å². The van der Waals surface area contributed by atoms with Gasteiger partial charge in [-0.05, 0) is 70.9 Å². The van der Waals surface area contributed by atoms with Gasteiger partial charge < -0.3 is 10.1 Å². The quantitative estimate of drug-likeness (QED) is 0.826. The number of nitrogens with zero attached hydrogens (tertiary/aromatic N) is 1. The van der Waals surface area contributed by atoms with E-state index < -0.39 is 0 Å². The molecule has 0 aliphatic heterocycles. The van der Waals surface area contributed by atoms with E-state index in [0.717, 1.165) is 34.4 Å². The van der Waals surface area contributed by atoms with E-state index in [2.05, 4.69) is 57.4 Å². The summed E-state index contributed by atoms with van der Waals surface area (Å²) >= 11 is 3.43. The number of ether oxygens (including phenoxy) is 1. The number of methoxy groups -OCH3 is 1. The van der Waals surface area contributed by atoms with Crippen molar-refractivity contribution in [2.75, 3.05) is 12.4 Å². The maximum absolute atomic E-state index is 5.29. The second-order valence-electron chi connectivity index (χ2n) is 5.62. The van der Waals surface area contributed by atoms with Crippen LogP contribution in [-0.2, 0) is 0 Å². The molecule has 1 N–H and O–H groups in total. The summed E-state index contributed by atoms with van der Waals surface area (Å²) in [5.74, 6) is 1.57. The third-order valence-corrected chi connectivity index (χ3v) is 4.92. The second-order valence-corrected chi connectivity index (χ2v) is 6.37. The highest BCUT2D eigenvalue weighted by Crippen LogP contribution is 2.39. The molecule has 0 spiro atoms. The Bertz CT molecular complexity index is 638. The van der Waals surface area contributed by atoms with E-state index in [1.54, 1.807) is 7.11 Å². The highest BCUT2D eigenvalue weighted by Gasteiger charge is 2.30. The lowest BCUT2D eigenvalue weighted by Crippen LogP contribution is -2.34. The van der Waals surface area contributed by atoms with Gasteiger partial charge in [-0.1, -0.05) is 12.1 Å². The lowest BCUT2D eigenvalue weighted by molar-refractivity contribution is 0.370. The highest BCUT2D eigenvalue weighted by atomic mass is 79.9. The number of nitrogens with one attached hydrogen (secondary N) is 1. The number of halogens is 1. The molecule has 1 heterocycles. The predicted molar refractivity (Wildman–Crippen MR) is 89.1 cm³/mol. The van der Waals surface area contributed by atoms with Crippen molar-refractivity contribution in [3.63, 3.8) is 0 Å². The SMILES string of the molecule is COc1cccc(C2CC(Nc3cnc(Br)c(C)c3)C2)c1. The number of hydrogen-bond acceptors (Lipinski definition) is 3. The summed E-state index contributed by atoms with van der Waals surface area (Å²) in [6, 6.07) is 11.1. The van der Waals surface area contributed by atoms with Gasteiger partial charge in [-0.25, -0.2) is 4.98 Å². The molecule has 21 heavy (non-hydrogen) atoms. The molecular weight excluding hydrogens is 328 g/mol. The molecule has 1 saturated carbocycles. The largest absolute Gasteiger partial charge is 0.497 e. The van der Waals surface area contributed by atoms with E-state index in [-0.39, 0.29) is 0 Å². The van der Waals surface area contributed by atoms with Crippen molar-refractivity contribution >= 4 is 21.6 Å². The molecule has 0 radical (unpaired) electrons. The zero-order valence-electron chi connectivity index (χ0n) is 12.3. The molecule has 1 aromatic heterocycles. The summed E-state index contributed by atoms with van der Waals surface area (Å²) in [6.07, 6.45) is 4.19. The summed E-state index contributed by atoms with van der Waals surface area (Å²) in [5, 5.41) is 3.56. The van der Waals surface area contributed by atoms with Crippen LogP contribution < -0.4 is 10.1 Å². The first-order chi connectivity index (χ1) is 10.2. The topological polar surface area (TPSA) is 34.1 Å². The molecule has 1 aliphatic rings. The molecule has 0 bridgehead atoms. The summed E-state index contributed by atoms with van der Waals surface area (Å²) in [4.78, 5) is 4.33. The summed E-state index contributed by atoms with van der Waals surface area (Å²) in [7, 11) is 1.72. The molecule has 0 atom stereocenters. The van der Waals surface area contributed by atoms with Gasteiger partial charge >= 0.3 is 0 Å². The standard InChI is InChI=1S/C17H19BrN2O/c1-11-6-15(10-19-17(11)18)20-14-7-13(8-14)12-4-3-5-16(9-12)21-2/h3-6,9-10,13-14,20H,7-8H2,1-2H3. The lowest BCUT2D eigenvalue weighted by atomic mass is 9.76. The highest BCUT2D eigenvalue weighted by molar-refractivity contribution is 9.10. The Hall–Kier alpha value is -1.55. The van der Waals surface area contributed by atoms with Gasteiger partial charge in [0.25, 0.3) is 0 Å². The van der Waals surface area contributed by atoms with E-state index in [1.165, 1.54) is 5.56 Å². The number of pyridine rings is 1. The van der Waals surface area contributed by atoms with Crippen LogP contribution in [-0.4, -0.2) is 18.1 Å². The third kappa shape index (κ3) is 3.21. The Morgan fingerprint density at radius 3 is 2.81 bits per heavy atom. The van der Waals surface area contributed by atoms with Crippen LogP contribution in [0.1, 0.15) is 29.9 Å². The maximum Gasteiger partial charge on any atom is 0.119 e. The minimum atomic E-state index is 0.531. The number of hydrogen-bond donors (Lipinski definition) is 1. The van der Waals surface area contributed by atoms with Crippen molar-refractivity contribution in [3.05, 3.63) is 52.3 Å². The van der Waals surface area contributed by atoms with E-state index in [4.69, 9.17) is 4.74 Å².